The van der Waals surface area contributed by atoms with Crippen molar-refractivity contribution in [3.8, 4) is 5.75 Å². The molecule has 0 fully saturated rings. The number of halogens is 3. The van der Waals surface area contributed by atoms with Crippen LogP contribution in [0.3, 0.4) is 0 Å². The summed E-state index contributed by atoms with van der Waals surface area (Å²) in [5.74, 6) is -0.569. The average molecular weight is 370 g/mol. The molecule has 140 valence electrons. The molecule has 2 heterocycles. The predicted octanol–water partition coefficient (Wildman–Crippen LogP) is 2.31. The summed E-state index contributed by atoms with van der Waals surface area (Å²) in [6.45, 7) is 0.164. The molecule has 1 aromatic carbocycles. The van der Waals surface area contributed by atoms with E-state index >= 15 is 0 Å². The van der Waals surface area contributed by atoms with Crippen molar-refractivity contribution in [2.24, 2.45) is 0 Å². The van der Waals surface area contributed by atoms with Crippen molar-refractivity contribution in [1.82, 2.24) is 14.3 Å². The largest absolute Gasteiger partial charge is 0.573 e. The van der Waals surface area contributed by atoms with Gasteiger partial charge in [0.2, 0.25) is 5.91 Å². The highest BCUT2D eigenvalue weighted by Gasteiger charge is 2.32. The summed E-state index contributed by atoms with van der Waals surface area (Å²) in [4.78, 5) is 24.5. The van der Waals surface area contributed by atoms with Gasteiger partial charge in [-0.2, -0.15) is 5.10 Å². The Hall–Kier alpha value is -2.78. The highest BCUT2D eigenvalue weighted by Crippen LogP contribution is 2.29. The summed E-state index contributed by atoms with van der Waals surface area (Å²) < 4.78 is 43.7. The highest BCUT2D eigenvalue weighted by molar-refractivity contribution is 5.92. The second-order valence-corrected chi connectivity index (χ2v) is 5.91. The van der Waals surface area contributed by atoms with Crippen LogP contribution in [0.15, 0.2) is 29.1 Å². The van der Waals surface area contributed by atoms with Gasteiger partial charge in [0.15, 0.2) is 5.75 Å². The Kier molecular flexibility index (Phi) is 5.01. The quantitative estimate of drug-likeness (QED) is 0.896. The van der Waals surface area contributed by atoms with Crippen LogP contribution in [0.1, 0.15) is 25.1 Å². The van der Waals surface area contributed by atoms with E-state index in [1.54, 1.807) is 4.57 Å². The number of amides is 1. The van der Waals surface area contributed by atoms with Crippen LogP contribution in [0, 0.1) is 0 Å². The number of aryl methyl sites for hydroxylation is 1. The maximum atomic E-state index is 12.4. The van der Waals surface area contributed by atoms with Crippen LogP contribution < -0.4 is 15.7 Å². The molecule has 0 saturated heterocycles. The van der Waals surface area contributed by atoms with E-state index in [-0.39, 0.29) is 12.2 Å². The number of hydrogen-bond donors (Lipinski definition) is 1. The van der Waals surface area contributed by atoms with E-state index in [1.165, 1.54) is 18.2 Å². The van der Waals surface area contributed by atoms with Crippen LogP contribution in [-0.4, -0.2) is 26.6 Å². The Balaban J connectivity index is 1.74. The van der Waals surface area contributed by atoms with Gasteiger partial charge in [-0.15, -0.1) is 13.2 Å². The van der Waals surface area contributed by atoms with Crippen LogP contribution in [0.2, 0.25) is 0 Å². The van der Waals surface area contributed by atoms with Crippen molar-refractivity contribution in [1.29, 1.82) is 0 Å². The summed E-state index contributed by atoms with van der Waals surface area (Å²) in [5, 5.41) is 6.50. The lowest BCUT2D eigenvalue weighted by Gasteiger charge is -2.13. The minimum absolute atomic E-state index is 0.136. The van der Waals surface area contributed by atoms with Crippen molar-refractivity contribution < 1.29 is 22.7 Å². The van der Waals surface area contributed by atoms with E-state index in [0.717, 1.165) is 30.0 Å². The van der Waals surface area contributed by atoms with E-state index in [2.05, 4.69) is 15.2 Å². The smallest absolute Gasteiger partial charge is 0.404 e. The van der Waals surface area contributed by atoms with Crippen LogP contribution in [0.4, 0.5) is 18.9 Å². The number of carbonyl (C=O) groups excluding carboxylic acids is 1. The number of alkyl halides is 3. The molecule has 1 aliphatic heterocycles. The number of carbonyl (C=O) groups is 1. The fraction of sp³-hybridized carbons (Fsp3) is 0.438. The Morgan fingerprint density at radius 3 is 2.77 bits per heavy atom. The molecule has 3 rings (SSSR count). The van der Waals surface area contributed by atoms with Gasteiger partial charge in [-0.05, 0) is 25.0 Å². The van der Waals surface area contributed by atoms with Crippen molar-refractivity contribution in [2.45, 2.75) is 45.1 Å². The molecule has 1 aliphatic rings. The van der Waals surface area contributed by atoms with E-state index in [1.807, 2.05) is 0 Å². The second-order valence-electron chi connectivity index (χ2n) is 5.91. The van der Waals surface area contributed by atoms with Crippen LogP contribution >= 0.6 is 0 Å². The first-order valence-corrected chi connectivity index (χ1v) is 8.14. The average Bonchev–Trinajstić information content (AvgIpc) is 2.73. The number of nitrogens with one attached hydrogen (secondary N) is 1. The van der Waals surface area contributed by atoms with E-state index < -0.39 is 23.7 Å². The number of ether oxygens (including phenoxy) is 1. The first-order chi connectivity index (χ1) is 12.3. The molecule has 0 atom stereocenters. The summed E-state index contributed by atoms with van der Waals surface area (Å²) in [6, 6.07) is 5.19. The first-order valence-electron chi connectivity index (χ1n) is 8.14. The van der Waals surface area contributed by atoms with E-state index in [4.69, 9.17) is 0 Å². The summed E-state index contributed by atoms with van der Waals surface area (Å²) >= 11 is 0. The predicted molar refractivity (Wildman–Crippen MR) is 85.8 cm³/mol. The molecule has 2 aromatic rings. The number of para-hydroxylation sites is 2. The molecule has 0 radical (unpaired) electrons. The molecule has 0 aliphatic carbocycles. The van der Waals surface area contributed by atoms with Gasteiger partial charge in [-0.3, -0.25) is 9.36 Å². The Morgan fingerprint density at radius 2 is 2.00 bits per heavy atom. The normalized spacial score (nSPS) is 14.4. The molecule has 26 heavy (non-hydrogen) atoms. The van der Waals surface area contributed by atoms with Crippen molar-refractivity contribution in [3.05, 3.63) is 40.6 Å². The van der Waals surface area contributed by atoms with Crippen molar-refractivity contribution >= 4 is 11.6 Å². The lowest BCUT2D eigenvalue weighted by molar-refractivity contribution is -0.274. The minimum Gasteiger partial charge on any atom is -0.404 e. The third-order valence-corrected chi connectivity index (χ3v) is 3.96. The topological polar surface area (TPSA) is 78.2 Å². The number of nitrogens with zero attached hydrogens (tertiary/aromatic N) is 3. The third-order valence-electron chi connectivity index (χ3n) is 3.96. The molecule has 1 aromatic heterocycles. The Morgan fingerprint density at radius 1 is 1.23 bits per heavy atom. The van der Waals surface area contributed by atoms with Crippen molar-refractivity contribution in [2.75, 3.05) is 5.32 Å². The Labute approximate surface area is 146 Å². The van der Waals surface area contributed by atoms with Gasteiger partial charge >= 0.3 is 12.1 Å². The monoisotopic (exact) mass is 370 g/mol. The van der Waals surface area contributed by atoms with E-state index in [0.29, 0.717) is 18.8 Å². The molecular weight excluding hydrogens is 353 g/mol. The van der Waals surface area contributed by atoms with Gasteiger partial charge in [-0.1, -0.05) is 18.6 Å². The van der Waals surface area contributed by atoms with Crippen LogP contribution in [0.25, 0.3) is 0 Å². The van der Waals surface area contributed by atoms with Crippen LogP contribution in [-0.2, 0) is 24.3 Å². The molecule has 0 saturated carbocycles. The van der Waals surface area contributed by atoms with Crippen LogP contribution in [0.5, 0.6) is 5.75 Å². The Bertz CT molecular complexity index is 857. The molecule has 0 bridgehead atoms. The maximum Gasteiger partial charge on any atom is 0.573 e. The number of benzene rings is 1. The zero-order valence-electron chi connectivity index (χ0n) is 13.8. The molecule has 0 spiro atoms. The van der Waals surface area contributed by atoms with Gasteiger partial charge in [0.05, 0.1) is 5.69 Å². The molecule has 1 amide bonds. The number of anilines is 1. The fourth-order valence-corrected chi connectivity index (χ4v) is 2.84. The zero-order valence-corrected chi connectivity index (χ0v) is 13.8. The second kappa shape index (κ2) is 7.22. The lowest BCUT2D eigenvalue weighted by atomic mass is 10.2. The molecule has 0 unspecified atom stereocenters. The lowest BCUT2D eigenvalue weighted by Crippen LogP contribution is -2.30. The number of hydrogen-bond acceptors (Lipinski definition) is 4. The molecule has 7 nitrogen and oxygen atoms in total. The van der Waals surface area contributed by atoms with Gasteiger partial charge in [-0.25, -0.2) is 9.48 Å². The van der Waals surface area contributed by atoms with Crippen molar-refractivity contribution in [3.63, 3.8) is 0 Å². The van der Waals surface area contributed by atoms with Gasteiger partial charge in [0.25, 0.3) is 0 Å². The minimum atomic E-state index is -4.88. The number of fused-ring (bicyclic) bond motifs is 1. The standard InChI is InChI=1S/C16H17F3N4O3/c17-16(18,19)26-12-7-4-3-6-11(12)20-14(24)10-23-15(25)22-9-5-1-2-8-13(22)21-23/h3-4,6-7H,1-2,5,8-10H2,(H,20,24). The van der Waals surface area contributed by atoms with Gasteiger partial charge < -0.3 is 10.1 Å². The fourth-order valence-electron chi connectivity index (χ4n) is 2.84. The molecular formula is C16H17F3N4O3. The van der Waals surface area contributed by atoms with Gasteiger partial charge in [0, 0.05) is 13.0 Å². The van der Waals surface area contributed by atoms with E-state index in [9.17, 15) is 22.8 Å². The third kappa shape index (κ3) is 4.24. The molecule has 1 N–H and O–H groups in total. The van der Waals surface area contributed by atoms with Gasteiger partial charge in [0.1, 0.15) is 12.4 Å². The molecule has 10 heteroatoms. The summed E-state index contributed by atoms with van der Waals surface area (Å²) in [7, 11) is 0. The number of aromatic nitrogens is 3. The highest BCUT2D eigenvalue weighted by atomic mass is 19.4. The maximum absolute atomic E-state index is 12.4. The summed E-state index contributed by atoms with van der Waals surface area (Å²) in [6.07, 6.45) is -1.41. The number of rotatable bonds is 4. The summed E-state index contributed by atoms with van der Waals surface area (Å²) in [5.41, 5.74) is -0.527. The zero-order chi connectivity index (χ0) is 18.7. The SMILES string of the molecule is O=C(Cn1nc2n(c1=O)CCCCC2)Nc1ccccc1OC(F)(F)F. The first kappa shape index (κ1) is 18.0.